The second-order valence-corrected chi connectivity index (χ2v) is 3.65. The molecule has 0 bridgehead atoms. The number of nitrogens with two attached hydrogens (primary N) is 1. The van der Waals surface area contributed by atoms with Gasteiger partial charge in [-0.25, -0.2) is 0 Å². The topological polar surface area (TPSA) is 46.3 Å². The summed E-state index contributed by atoms with van der Waals surface area (Å²) in [4.78, 5) is 14.1. The number of benzene rings is 1. The summed E-state index contributed by atoms with van der Waals surface area (Å²) in [6, 6.07) is 7.74. The molecule has 3 nitrogen and oxygen atoms in total. The molecule has 1 rings (SSSR count). The average molecular weight is 220 g/mol. The van der Waals surface area contributed by atoms with E-state index in [-0.39, 0.29) is 5.78 Å². The van der Waals surface area contributed by atoms with E-state index in [1.54, 1.807) is 0 Å². The van der Waals surface area contributed by atoms with Gasteiger partial charge in [0.2, 0.25) is 0 Å². The highest BCUT2D eigenvalue weighted by Gasteiger charge is 2.13. The first-order valence-electron chi connectivity index (χ1n) is 5.81. The molecule has 2 N–H and O–H groups in total. The molecule has 16 heavy (non-hydrogen) atoms. The van der Waals surface area contributed by atoms with Crippen molar-refractivity contribution < 1.29 is 4.79 Å². The van der Waals surface area contributed by atoms with E-state index in [2.05, 4.69) is 18.7 Å². The molecule has 3 heteroatoms. The predicted molar refractivity (Wildman–Crippen MR) is 68.0 cm³/mol. The third-order valence-electron chi connectivity index (χ3n) is 2.68. The zero-order chi connectivity index (χ0) is 12.0. The minimum Gasteiger partial charge on any atom is -0.372 e. The Labute approximate surface area is 97.2 Å². The van der Waals surface area contributed by atoms with E-state index in [4.69, 9.17) is 5.73 Å². The minimum absolute atomic E-state index is 0.130. The Balaban J connectivity index is 3.03. The molecule has 0 aliphatic carbocycles. The lowest BCUT2D eigenvalue weighted by Gasteiger charge is -2.23. The maximum absolute atomic E-state index is 11.9. The number of nitrogens with zero attached hydrogens (tertiary/aromatic N) is 1. The van der Waals surface area contributed by atoms with Gasteiger partial charge in [-0.05, 0) is 32.5 Å². The highest BCUT2D eigenvalue weighted by atomic mass is 16.1. The van der Waals surface area contributed by atoms with Gasteiger partial charge in [-0.3, -0.25) is 4.79 Å². The van der Waals surface area contributed by atoms with Crippen molar-refractivity contribution in [2.24, 2.45) is 5.73 Å². The van der Waals surface area contributed by atoms with Gasteiger partial charge >= 0.3 is 0 Å². The summed E-state index contributed by atoms with van der Waals surface area (Å²) in [6.45, 7) is 6.40. The zero-order valence-corrected chi connectivity index (χ0v) is 10.1. The number of carbonyl (C=O) groups is 1. The van der Waals surface area contributed by atoms with Crippen molar-refractivity contribution in [3.63, 3.8) is 0 Å². The number of carbonyl (C=O) groups excluding carboxylic acids is 1. The molecule has 0 aromatic heterocycles. The summed E-state index contributed by atoms with van der Waals surface area (Å²) in [5.74, 6) is 0.130. The van der Waals surface area contributed by atoms with Crippen LogP contribution in [0.3, 0.4) is 0 Å². The first-order valence-corrected chi connectivity index (χ1v) is 5.81. The number of ketones is 1. The molecule has 0 fully saturated rings. The predicted octanol–water partition coefficient (Wildman–Crippen LogP) is 2.06. The van der Waals surface area contributed by atoms with Crippen molar-refractivity contribution in [1.82, 2.24) is 0 Å². The van der Waals surface area contributed by atoms with Crippen molar-refractivity contribution in [2.75, 3.05) is 24.5 Å². The van der Waals surface area contributed by atoms with Crippen LogP contribution in [0.1, 0.15) is 30.6 Å². The molecule has 0 spiro atoms. The van der Waals surface area contributed by atoms with Gasteiger partial charge in [0.1, 0.15) is 0 Å². The fourth-order valence-electron chi connectivity index (χ4n) is 1.82. The first kappa shape index (κ1) is 12.7. The molecular formula is C13H20N2O. The van der Waals surface area contributed by atoms with Crippen LogP contribution in [0.2, 0.25) is 0 Å². The van der Waals surface area contributed by atoms with Crippen LogP contribution >= 0.6 is 0 Å². The number of hydrogen-bond acceptors (Lipinski definition) is 3. The van der Waals surface area contributed by atoms with E-state index in [1.807, 2.05) is 24.3 Å². The lowest BCUT2D eigenvalue weighted by Crippen LogP contribution is -2.24. The summed E-state index contributed by atoms with van der Waals surface area (Å²) in [5, 5.41) is 0. The van der Waals surface area contributed by atoms with Gasteiger partial charge < -0.3 is 10.6 Å². The summed E-state index contributed by atoms with van der Waals surface area (Å²) in [6.07, 6.45) is 0.415. The van der Waals surface area contributed by atoms with Crippen LogP contribution < -0.4 is 10.6 Å². The van der Waals surface area contributed by atoms with Crippen molar-refractivity contribution in [3.05, 3.63) is 29.8 Å². The van der Waals surface area contributed by atoms with E-state index < -0.39 is 0 Å². The lowest BCUT2D eigenvalue weighted by molar-refractivity contribution is 0.0986. The van der Waals surface area contributed by atoms with E-state index >= 15 is 0 Å². The van der Waals surface area contributed by atoms with Gasteiger partial charge in [0.15, 0.2) is 5.78 Å². The maximum atomic E-state index is 11.9. The largest absolute Gasteiger partial charge is 0.372 e. The Morgan fingerprint density at radius 2 is 1.88 bits per heavy atom. The van der Waals surface area contributed by atoms with Gasteiger partial charge in [-0.15, -0.1) is 0 Å². The van der Waals surface area contributed by atoms with Crippen LogP contribution in [0.15, 0.2) is 24.3 Å². The third kappa shape index (κ3) is 2.83. The lowest BCUT2D eigenvalue weighted by atomic mass is 10.1. The second-order valence-electron chi connectivity index (χ2n) is 3.65. The zero-order valence-electron chi connectivity index (χ0n) is 10.1. The number of para-hydroxylation sites is 1. The Bertz CT molecular complexity index is 346. The molecule has 0 amide bonds. The normalized spacial score (nSPS) is 10.2. The standard InChI is InChI=1S/C13H20N2O/c1-3-15(4-2)12-8-6-5-7-11(12)13(16)9-10-14/h5-8H,3-4,9-10,14H2,1-2H3. The van der Waals surface area contributed by atoms with Gasteiger partial charge in [-0.1, -0.05) is 12.1 Å². The molecule has 1 aromatic rings. The molecule has 0 aliphatic heterocycles. The van der Waals surface area contributed by atoms with Crippen LogP contribution in [-0.4, -0.2) is 25.4 Å². The molecule has 0 aliphatic rings. The van der Waals surface area contributed by atoms with E-state index in [9.17, 15) is 4.79 Å². The minimum atomic E-state index is 0.130. The molecule has 88 valence electrons. The van der Waals surface area contributed by atoms with Crippen molar-refractivity contribution in [2.45, 2.75) is 20.3 Å². The third-order valence-corrected chi connectivity index (χ3v) is 2.68. The second kappa shape index (κ2) is 6.28. The van der Waals surface area contributed by atoms with E-state index in [0.717, 1.165) is 24.3 Å². The van der Waals surface area contributed by atoms with Crippen LogP contribution in [0, 0.1) is 0 Å². The highest BCUT2D eigenvalue weighted by Crippen LogP contribution is 2.21. The van der Waals surface area contributed by atoms with Crippen LogP contribution in [0.25, 0.3) is 0 Å². The summed E-state index contributed by atoms with van der Waals surface area (Å²) >= 11 is 0. The molecular weight excluding hydrogens is 200 g/mol. The van der Waals surface area contributed by atoms with Crippen molar-refractivity contribution in [1.29, 1.82) is 0 Å². The smallest absolute Gasteiger partial charge is 0.166 e. The molecule has 0 radical (unpaired) electrons. The fraction of sp³-hybridized carbons (Fsp3) is 0.462. The summed E-state index contributed by atoms with van der Waals surface area (Å²) in [7, 11) is 0. The van der Waals surface area contributed by atoms with Gasteiger partial charge in [0.05, 0.1) is 0 Å². The molecule has 1 aromatic carbocycles. The van der Waals surface area contributed by atoms with Crippen LogP contribution in [0.4, 0.5) is 5.69 Å². The molecule has 0 saturated heterocycles. The maximum Gasteiger partial charge on any atom is 0.166 e. The van der Waals surface area contributed by atoms with Gasteiger partial charge in [0, 0.05) is 30.8 Å². The summed E-state index contributed by atoms with van der Waals surface area (Å²) in [5.41, 5.74) is 7.23. The Hall–Kier alpha value is -1.35. The Morgan fingerprint density at radius 3 is 2.44 bits per heavy atom. The number of rotatable bonds is 6. The van der Waals surface area contributed by atoms with Crippen molar-refractivity contribution in [3.8, 4) is 0 Å². The van der Waals surface area contributed by atoms with Crippen LogP contribution in [0.5, 0.6) is 0 Å². The van der Waals surface area contributed by atoms with E-state index in [0.29, 0.717) is 13.0 Å². The number of anilines is 1. The fourth-order valence-corrected chi connectivity index (χ4v) is 1.82. The summed E-state index contributed by atoms with van der Waals surface area (Å²) < 4.78 is 0. The Morgan fingerprint density at radius 1 is 1.25 bits per heavy atom. The van der Waals surface area contributed by atoms with Gasteiger partial charge in [0.25, 0.3) is 0 Å². The number of hydrogen-bond donors (Lipinski definition) is 1. The monoisotopic (exact) mass is 220 g/mol. The quantitative estimate of drug-likeness (QED) is 0.746. The molecule has 0 unspecified atom stereocenters. The molecule has 0 heterocycles. The Kier molecular flexibility index (Phi) is 4.99. The SMILES string of the molecule is CCN(CC)c1ccccc1C(=O)CCN. The molecule has 0 saturated carbocycles. The van der Waals surface area contributed by atoms with Crippen LogP contribution in [-0.2, 0) is 0 Å². The average Bonchev–Trinajstić information content (AvgIpc) is 2.31. The first-order chi connectivity index (χ1) is 7.74. The number of Topliss-reactive ketones (excluding diaryl/α,β-unsaturated/α-hetero) is 1. The van der Waals surface area contributed by atoms with Gasteiger partial charge in [-0.2, -0.15) is 0 Å². The highest BCUT2D eigenvalue weighted by molar-refractivity contribution is 6.01. The van der Waals surface area contributed by atoms with E-state index in [1.165, 1.54) is 0 Å². The molecule has 0 atom stereocenters. The van der Waals surface area contributed by atoms with Crippen molar-refractivity contribution >= 4 is 11.5 Å².